The number of hydrogen-bond donors (Lipinski definition) is 2. The molecule has 144 valence electrons. The molecule has 0 bridgehead atoms. The van der Waals surface area contributed by atoms with Crippen LogP contribution >= 0.6 is 0 Å². The van der Waals surface area contributed by atoms with Gasteiger partial charge in [0.05, 0.1) is 0 Å². The fourth-order valence-corrected chi connectivity index (χ4v) is 3.34. The summed E-state index contributed by atoms with van der Waals surface area (Å²) in [5, 5.41) is 6.50. The number of amides is 1. The van der Waals surface area contributed by atoms with Gasteiger partial charge in [0.15, 0.2) is 0 Å². The molecular formula is C20H26FN5O. The van der Waals surface area contributed by atoms with Gasteiger partial charge in [-0.1, -0.05) is 6.07 Å². The zero-order valence-corrected chi connectivity index (χ0v) is 16.0. The third kappa shape index (κ3) is 5.15. The van der Waals surface area contributed by atoms with Crippen molar-refractivity contribution in [3.63, 3.8) is 0 Å². The van der Waals surface area contributed by atoms with E-state index >= 15 is 0 Å². The molecule has 0 unspecified atom stereocenters. The van der Waals surface area contributed by atoms with E-state index < -0.39 is 5.82 Å². The molecule has 0 atom stereocenters. The number of nitrogens with one attached hydrogen (secondary N) is 2. The van der Waals surface area contributed by atoms with E-state index in [2.05, 4.69) is 20.6 Å². The number of aromatic nitrogens is 2. The number of hydrogen-bond acceptors (Lipinski definition) is 5. The third-order valence-electron chi connectivity index (χ3n) is 4.78. The minimum absolute atomic E-state index is 0.114. The molecule has 6 nitrogen and oxygen atoms in total. The molecule has 1 aliphatic carbocycles. The van der Waals surface area contributed by atoms with Crippen LogP contribution in [0.15, 0.2) is 30.3 Å². The van der Waals surface area contributed by atoms with Gasteiger partial charge in [0.25, 0.3) is 5.91 Å². The molecule has 0 radical (unpaired) electrons. The molecular weight excluding hydrogens is 345 g/mol. The quantitative estimate of drug-likeness (QED) is 0.845. The average molecular weight is 371 g/mol. The lowest BCUT2D eigenvalue weighted by molar-refractivity contribution is 0.0926. The molecule has 1 aromatic heterocycles. The van der Waals surface area contributed by atoms with E-state index in [1.807, 2.05) is 32.0 Å². The van der Waals surface area contributed by atoms with Crippen LogP contribution in [0.25, 0.3) is 0 Å². The fraction of sp³-hybridized carbons (Fsp3) is 0.450. The van der Waals surface area contributed by atoms with Crippen LogP contribution in [0.4, 0.5) is 16.0 Å². The highest BCUT2D eigenvalue weighted by Gasteiger charge is 2.23. The maximum Gasteiger partial charge on any atom is 0.251 e. The Bertz CT molecular complexity index is 803. The van der Waals surface area contributed by atoms with E-state index in [-0.39, 0.29) is 11.9 Å². The minimum Gasteiger partial charge on any atom is -0.367 e. The Morgan fingerprint density at radius 3 is 2.48 bits per heavy atom. The summed E-state index contributed by atoms with van der Waals surface area (Å²) in [6.45, 7) is 1.89. The predicted molar refractivity (Wildman–Crippen MR) is 105 cm³/mol. The summed E-state index contributed by atoms with van der Waals surface area (Å²) < 4.78 is 13.3. The number of nitrogens with zero attached hydrogens (tertiary/aromatic N) is 3. The Hall–Kier alpha value is -2.70. The van der Waals surface area contributed by atoms with Crippen molar-refractivity contribution >= 4 is 17.5 Å². The number of rotatable bonds is 5. The van der Waals surface area contributed by atoms with E-state index in [9.17, 15) is 9.18 Å². The van der Waals surface area contributed by atoms with Crippen molar-refractivity contribution in [2.75, 3.05) is 24.3 Å². The summed E-state index contributed by atoms with van der Waals surface area (Å²) in [6.07, 6.45) is 3.63. The van der Waals surface area contributed by atoms with E-state index in [0.717, 1.165) is 43.1 Å². The molecule has 2 N–H and O–H groups in total. The van der Waals surface area contributed by atoms with Gasteiger partial charge in [-0.15, -0.1) is 0 Å². The number of benzene rings is 1. The van der Waals surface area contributed by atoms with Gasteiger partial charge in [0, 0.05) is 37.8 Å². The minimum atomic E-state index is -0.396. The van der Waals surface area contributed by atoms with E-state index in [4.69, 9.17) is 0 Å². The molecule has 1 aromatic carbocycles. The topological polar surface area (TPSA) is 70.2 Å². The predicted octanol–water partition coefficient (Wildman–Crippen LogP) is 3.14. The van der Waals surface area contributed by atoms with Crippen LogP contribution in [0.1, 0.15) is 41.9 Å². The summed E-state index contributed by atoms with van der Waals surface area (Å²) in [6, 6.07) is 8.17. The lowest BCUT2D eigenvalue weighted by Gasteiger charge is -2.30. The molecule has 3 rings (SSSR count). The molecule has 1 amide bonds. The Balaban J connectivity index is 1.53. The Labute approximate surface area is 159 Å². The number of carbonyl (C=O) groups excluding carboxylic acids is 1. The SMILES string of the molecule is Cc1nc(N[C@H]2CC[C@@H](NC(=O)c3cccc(F)c3)CC2)cc(N(C)C)n1. The summed E-state index contributed by atoms with van der Waals surface area (Å²) >= 11 is 0. The number of halogens is 1. The van der Waals surface area contributed by atoms with Crippen LogP contribution in [0.3, 0.4) is 0 Å². The Morgan fingerprint density at radius 2 is 1.81 bits per heavy atom. The summed E-state index contributed by atoms with van der Waals surface area (Å²) in [4.78, 5) is 23.1. The van der Waals surface area contributed by atoms with Gasteiger partial charge >= 0.3 is 0 Å². The van der Waals surface area contributed by atoms with Crippen LogP contribution < -0.4 is 15.5 Å². The molecule has 0 aliphatic heterocycles. The van der Waals surface area contributed by atoms with Crippen LogP contribution in [0, 0.1) is 12.7 Å². The highest BCUT2D eigenvalue weighted by Crippen LogP contribution is 2.23. The molecule has 27 heavy (non-hydrogen) atoms. The van der Waals surface area contributed by atoms with Crippen LogP contribution in [-0.4, -0.2) is 42.1 Å². The zero-order chi connectivity index (χ0) is 19.4. The molecule has 7 heteroatoms. The zero-order valence-electron chi connectivity index (χ0n) is 16.0. The van der Waals surface area contributed by atoms with Crippen molar-refractivity contribution in [1.82, 2.24) is 15.3 Å². The highest BCUT2D eigenvalue weighted by atomic mass is 19.1. The van der Waals surface area contributed by atoms with Crippen molar-refractivity contribution in [2.45, 2.75) is 44.7 Å². The lowest BCUT2D eigenvalue weighted by Crippen LogP contribution is -2.40. The first-order valence-electron chi connectivity index (χ1n) is 9.26. The standard InChI is InChI=1S/C20H26FN5O/c1-13-22-18(12-19(23-13)26(2)3)24-16-7-9-17(10-8-16)25-20(27)14-5-4-6-15(21)11-14/h4-6,11-12,16-17H,7-10H2,1-3H3,(H,25,27)(H,22,23,24)/t16-,17+. The van der Waals surface area contributed by atoms with Gasteiger partial charge < -0.3 is 15.5 Å². The fourth-order valence-electron chi connectivity index (χ4n) is 3.34. The van der Waals surface area contributed by atoms with Crippen molar-refractivity contribution in [1.29, 1.82) is 0 Å². The van der Waals surface area contributed by atoms with Crippen molar-refractivity contribution in [3.05, 3.63) is 47.5 Å². The van der Waals surface area contributed by atoms with Crippen LogP contribution in [-0.2, 0) is 0 Å². The second-order valence-electron chi connectivity index (χ2n) is 7.23. The van der Waals surface area contributed by atoms with Gasteiger partial charge in [0.2, 0.25) is 0 Å². The Morgan fingerprint density at radius 1 is 1.11 bits per heavy atom. The number of aryl methyl sites for hydroxylation is 1. The van der Waals surface area contributed by atoms with Gasteiger partial charge in [-0.05, 0) is 50.8 Å². The molecule has 2 aromatic rings. The lowest BCUT2D eigenvalue weighted by atomic mass is 9.91. The van der Waals surface area contributed by atoms with Crippen LogP contribution in [0.2, 0.25) is 0 Å². The second kappa shape index (κ2) is 8.33. The summed E-state index contributed by atoms with van der Waals surface area (Å²) in [7, 11) is 3.91. The first-order valence-corrected chi connectivity index (χ1v) is 9.26. The number of anilines is 2. The van der Waals surface area contributed by atoms with Gasteiger partial charge in [-0.2, -0.15) is 0 Å². The van der Waals surface area contributed by atoms with Gasteiger partial charge in [0.1, 0.15) is 23.3 Å². The normalized spacial score (nSPS) is 19.4. The molecule has 0 spiro atoms. The van der Waals surface area contributed by atoms with Gasteiger partial charge in [-0.3, -0.25) is 4.79 Å². The smallest absolute Gasteiger partial charge is 0.251 e. The summed E-state index contributed by atoms with van der Waals surface area (Å²) in [5.74, 6) is 1.83. The summed E-state index contributed by atoms with van der Waals surface area (Å²) in [5.41, 5.74) is 0.364. The first kappa shape index (κ1) is 19.1. The van der Waals surface area contributed by atoms with E-state index in [0.29, 0.717) is 11.6 Å². The van der Waals surface area contributed by atoms with E-state index in [1.54, 1.807) is 12.1 Å². The highest BCUT2D eigenvalue weighted by molar-refractivity contribution is 5.94. The third-order valence-corrected chi connectivity index (χ3v) is 4.78. The average Bonchev–Trinajstić information content (AvgIpc) is 2.63. The van der Waals surface area contributed by atoms with Gasteiger partial charge in [-0.25, -0.2) is 14.4 Å². The van der Waals surface area contributed by atoms with E-state index in [1.165, 1.54) is 12.1 Å². The second-order valence-corrected chi connectivity index (χ2v) is 7.23. The van der Waals surface area contributed by atoms with Crippen molar-refractivity contribution < 1.29 is 9.18 Å². The molecule has 1 aliphatic rings. The van der Waals surface area contributed by atoms with Crippen LogP contribution in [0.5, 0.6) is 0 Å². The number of carbonyl (C=O) groups is 1. The molecule has 1 saturated carbocycles. The van der Waals surface area contributed by atoms with Crippen molar-refractivity contribution in [2.24, 2.45) is 0 Å². The molecule has 1 heterocycles. The maximum atomic E-state index is 13.3. The Kier molecular flexibility index (Phi) is 5.88. The largest absolute Gasteiger partial charge is 0.367 e. The van der Waals surface area contributed by atoms with Crippen molar-refractivity contribution in [3.8, 4) is 0 Å². The monoisotopic (exact) mass is 371 g/mol. The maximum absolute atomic E-state index is 13.3. The first-order chi connectivity index (χ1) is 12.9. The molecule has 1 fully saturated rings. The molecule has 0 saturated heterocycles.